The highest BCUT2D eigenvalue weighted by atomic mass is 35.5. The summed E-state index contributed by atoms with van der Waals surface area (Å²) in [5.74, 6) is 0. The van der Waals surface area contributed by atoms with Gasteiger partial charge >= 0.3 is 0 Å². The number of nitrogens with zero attached hydrogens (tertiary/aromatic N) is 2. The number of aromatic nitrogens is 2. The zero-order valence-electron chi connectivity index (χ0n) is 10.5. The molecule has 4 heteroatoms. The summed E-state index contributed by atoms with van der Waals surface area (Å²) in [6.07, 6.45) is 5.81. The van der Waals surface area contributed by atoms with Gasteiger partial charge < -0.3 is 5.73 Å². The summed E-state index contributed by atoms with van der Waals surface area (Å²) in [4.78, 5) is 0. The van der Waals surface area contributed by atoms with Gasteiger partial charge in [-0.25, -0.2) is 0 Å². The van der Waals surface area contributed by atoms with Gasteiger partial charge in [0.15, 0.2) is 0 Å². The SMILES string of the molecule is CCC(N)Cc1cnn(Cc2cccc(Cl)c2)c1. The normalized spacial score (nSPS) is 12.6. The van der Waals surface area contributed by atoms with E-state index < -0.39 is 0 Å². The van der Waals surface area contributed by atoms with Gasteiger partial charge in [0.1, 0.15) is 0 Å². The molecule has 0 aliphatic carbocycles. The predicted octanol–water partition coefficient (Wildman–Crippen LogP) is 2.86. The number of hydrogen-bond acceptors (Lipinski definition) is 2. The lowest BCUT2D eigenvalue weighted by molar-refractivity contribution is 0.644. The molecule has 96 valence electrons. The molecular weight excluding hydrogens is 246 g/mol. The molecule has 0 aliphatic heterocycles. The van der Waals surface area contributed by atoms with Crippen LogP contribution in [-0.4, -0.2) is 15.8 Å². The molecule has 1 heterocycles. The minimum atomic E-state index is 0.216. The molecule has 0 spiro atoms. The molecule has 1 aromatic heterocycles. The van der Waals surface area contributed by atoms with Gasteiger partial charge in [-0.1, -0.05) is 30.7 Å². The lowest BCUT2D eigenvalue weighted by atomic mass is 10.1. The average Bonchev–Trinajstić information content (AvgIpc) is 2.76. The van der Waals surface area contributed by atoms with Crippen LogP contribution in [0.15, 0.2) is 36.7 Å². The van der Waals surface area contributed by atoms with Crippen molar-refractivity contribution in [3.05, 3.63) is 52.8 Å². The van der Waals surface area contributed by atoms with Crippen molar-refractivity contribution in [1.82, 2.24) is 9.78 Å². The van der Waals surface area contributed by atoms with Crippen LogP contribution in [0.1, 0.15) is 24.5 Å². The van der Waals surface area contributed by atoms with Gasteiger partial charge in [0.25, 0.3) is 0 Å². The van der Waals surface area contributed by atoms with E-state index in [1.54, 1.807) is 0 Å². The lowest BCUT2D eigenvalue weighted by Crippen LogP contribution is -2.21. The zero-order chi connectivity index (χ0) is 13.0. The lowest BCUT2D eigenvalue weighted by Gasteiger charge is -2.05. The molecule has 0 aliphatic rings. The van der Waals surface area contributed by atoms with E-state index in [1.165, 1.54) is 5.56 Å². The highest BCUT2D eigenvalue weighted by molar-refractivity contribution is 6.30. The van der Waals surface area contributed by atoms with Crippen molar-refractivity contribution < 1.29 is 0 Å². The summed E-state index contributed by atoms with van der Waals surface area (Å²) in [6, 6.07) is 8.05. The van der Waals surface area contributed by atoms with Crippen LogP contribution in [0.2, 0.25) is 5.02 Å². The minimum absolute atomic E-state index is 0.216. The average molecular weight is 264 g/mol. The third-order valence-corrected chi connectivity index (χ3v) is 3.18. The zero-order valence-corrected chi connectivity index (χ0v) is 11.3. The summed E-state index contributed by atoms with van der Waals surface area (Å²) in [5, 5.41) is 5.10. The summed E-state index contributed by atoms with van der Waals surface area (Å²) in [6.45, 7) is 2.84. The van der Waals surface area contributed by atoms with Gasteiger partial charge in [0.2, 0.25) is 0 Å². The number of benzene rings is 1. The molecule has 1 unspecified atom stereocenters. The van der Waals surface area contributed by atoms with E-state index in [2.05, 4.69) is 18.2 Å². The molecule has 2 rings (SSSR count). The highest BCUT2D eigenvalue weighted by Crippen LogP contribution is 2.12. The van der Waals surface area contributed by atoms with Gasteiger partial charge in [0.05, 0.1) is 12.7 Å². The van der Waals surface area contributed by atoms with Crippen molar-refractivity contribution in [3.8, 4) is 0 Å². The summed E-state index contributed by atoms with van der Waals surface area (Å²) >= 11 is 5.96. The van der Waals surface area contributed by atoms with Gasteiger partial charge in [-0.15, -0.1) is 0 Å². The van der Waals surface area contributed by atoms with Crippen molar-refractivity contribution in [3.63, 3.8) is 0 Å². The third-order valence-electron chi connectivity index (χ3n) is 2.94. The second-order valence-electron chi connectivity index (χ2n) is 4.55. The number of nitrogens with two attached hydrogens (primary N) is 1. The smallest absolute Gasteiger partial charge is 0.0659 e. The molecule has 0 amide bonds. The second-order valence-corrected chi connectivity index (χ2v) is 4.98. The first kappa shape index (κ1) is 13.1. The van der Waals surface area contributed by atoms with Crippen LogP contribution in [-0.2, 0) is 13.0 Å². The van der Waals surface area contributed by atoms with Gasteiger partial charge in [0, 0.05) is 17.3 Å². The van der Waals surface area contributed by atoms with Crippen LogP contribution in [0.3, 0.4) is 0 Å². The van der Waals surface area contributed by atoms with Crippen LogP contribution in [0.5, 0.6) is 0 Å². The Morgan fingerprint density at radius 3 is 2.94 bits per heavy atom. The Balaban J connectivity index is 2.02. The monoisotopic (exact) mass is 263 g/mol. The molecule has 2 N–H and O–H groups in total. The van der Waals surface area contributed by atoms with E-state index in [1.807, 2.05) is 35.1 Å². The van der Waals surface area contributed by atoms with Crippen LogP contribution in [0.25, 0.3) is 0 Å². The van der Waals surface area contributed by atoms with Crippen molar-refractivity contribution in [2.75, 3.05) is 0 Å². The summed E-state index contributed by atoms with van der Waals surface area (Å²) < 4.78 is 1.92. The van der Waals surface area contributed by atoms with Gasteiger partial charge in [-0.05, 0) is 36.1 Å². The Morgan fingerprint density at radius 2 is 2.22 bits per heavy atom. The van der Waals surface area contributed by atoms with Crippen LogP contribution < -0.4 is 5.73 Å². The Labute approximate surface area is 113 Å². The summed E-state index contributed by atoms with van der Waals surface area (Å²) in [7, 11) is 0. The number of hydrogen-bond donors (Lipinski definition) is 1. The van der Waals surface area contributed by atoms with Crippen LogP contribution in [0.4, 0.5) is 0 Å². The number of rotatable bonds is 5. The predicted molar refractivity (Wildman–Crippen MR) is 74.8 cm³/mol. The maximum absolute atomic E-state index is 5.96. The molecule has 1 aromatic carbocycles. The fourth-order valence-corrected chi connectivity index (χ4v) is 2.08. The van der Waals surface area contributed by atoms with E-state index in [9.17, 15) is 0 Å². The summed E-state index contributed by atoms with van der Waals surface area (Å²) in [5.41, 5.74) is 8.27. The molecule has 0 bridgehead atoms. The maximum Gasteiger partial charge on any atom is 0.0659 e. The molecular formula is C14H18ClN3. The van der Waals surface area contributed by atoms with E-state index in [4.69, 9.17) is 17.3 Å². The first-order chi connectivity index (χ1) is 8.67. The minimum Gasteiger partial charge on any atom is -0.327 e. The third kappa shape index (κ3) is 3.59. The van der Waals surface area contributed by atoms with E-state index in [0.717, 1.165) is 30.0 Å². The first-order valence-electron chi connectivity index (χ1n) is 6.18. The van der Waals surface area contributed by atoms with Gasteiger partial charge in [-0.3, -0.25) is 4.68 Å². The Hall–Kier alpha value is -1.32. The van der Waals surface area contributed by atoms with Crippen molar-refractivity contribution in [2.24, 2.45) is 5.73 Å². The van der Waals surface area contributed by atoms with E-state index in [0.29, 0.717) is 0 Å². The van der Waals surface area contributed by atoms with Crippen LogP contribution >= 0.6 is 11.6 Å². The largest absolute Gasteiger partial charge is 0.327 e. The first-order valence-corrected chi connectivity index (χ1v) is 6.56. The van der Waals surface area contributed by atoms with Crippen LogP contribution in [0, 0.1) is 0 Å². The standard InChI is InChI=1S/C14H18ClN3/c1-2-14(16)7-12-8-17-18(10-12)9-11-4-3-5-13(15)6-11/h3-6,8,10,14H,2,7,9,16H2,1H3. The quantitative estimate of drug-likeness (QED) is 0.902. The topological polar surface area (TPSA) is 43.8 Å². The molecule has 1 atom stereocenters. The molecule has 0 radical (unpaired) electrons. The molecule has 3 nitrogen and oxygen atoms in total. The van der Waals surface area contributed by atoms with Gasteiger partial charge in [-0.2, -0.15) is 5.10 Å². The maximum atomic E-state index is 5.96. The Morgan fingerprint density at radius 1 is 1.39 bits per heavy atom. The Kier molecular flexibility index (Phi) is 4.39. The second kappa shape index (κ2) is 6.03. The van der Waals surface area contributed by atoms with Crippen molar-refractivity contribution >= 4 is 11.6 Å². The fourth-order valence-electron chi connectivity index (χ4n) is 1.87. The van der Waals surface area contributed by atoms with Crippen molar-refractivity contribution in [2.45, 2.75) is 32.4 Å². The van der Waals surface area contributed by atoms with E-state index >= 15 is 0 Å². The highest BCUT2D eigenvalue weighted by Gasteiger charge is 2.04. The molecule has 2 aromatic rings. The molecule has 0 fully saturated rings. The molecule has 0 saturated carbocycles. The number of halogens is 1. The van der Waals surface area contributed by atoms with E-state index in [-0.39, 0.29) is 6.04 Å². The fraction of sp³-hybridized carbons (Fsp3) is 0.357. The molecule has 18 heavy (non-hydrogen) atoms. The Bertz CT molecular complexity index is 507. The van der Waals surface area contributed by atoms with Crippen molar-refractivity contribution in [1.29, 1.82) is 0 Å². The molecule has 0 saturated heterocycles.